The molecule has 0 unspecified atom stereocenters. The summed E-state index contributed by atoms with van der Waals surface area (Å²) in [5.74, 6) is -1.12. The lowest BCUT2D eigenvalue weighted by atomic mass is 10.2. The molecule has 0 bridgehead atoms. The molecule has 6 nitrogen and oxygen atoms in total. The van der Waals surface area contributed by atoms with Gasteiger partial charge in [0, 0.05) is 13.7 Å². The largest absolute Gasteiger partial charge is 0.480 e. The predicted octanol–water partition coefficient (Wildman–Crippen LogP) is 1.34. The van der Waals surface area contributed by atoms with Crippen molar-refractivity contribution >= 4 is 12.1 Å². The first-order chi connectivity index (χ1) is 7.69. The highest BCUT2D eigenvalue weighted by Gasteiger charge is 2.30. The number of carbonyl (C=O) groups is 2. The third-order valence-electron chi connectivity index (χ3n) is 1.91. The molecular formula is C11H21NO5. The molecule has 100 valence electrons. The third kappa shape index (κ3) is 6.11. The Labute approximate surface area is 101 Å². The van der Waals surface area contributed by atoms with Crippen molar-refractivity contribution in [2.24, 2.45) is 0 Å². The molecule has 0 aromatic heterocycles. The van der Waals surface area contributed by atoms with E-state index in [4.69, 9.17) is 14.6 Å². The fourth-order valence-electron chi connectivity index (χ4n) is 1.04. The van der Waals surface area contributed by atoms with Crippen molar-refractivity contribution in [3.8, 4) is 0 Å². The van der Waals surface area contributed by atoms with Crippen LogP contribution in [0.3, 0.4) is 0 Å². The average molecular weight is 247 g/mol. The summed E-state index contributed by atoms with van der Waals surface area (Å²) in [6.07, 6.45) is -0.676. The molecule has 17 heavy (non-hydrogen) atoms. The van der Waals surface area contributed by atoms with Crippen molar-refractivity contribution < 1.29 is 24.2 Å². The van der Waals surface area contributed by atoms with Crippen molar-refractivity contribution in [3.05, 3.63) is 0 Å². The van der Waals surface area contributed by atoms with Gasteiger partial charge in [-0.05, 0) is 27.7 Å². The zero-order chi connectivity index (χ0) is 13.6. The van der Waals surface area contributed by atoms with Gasteiger partial charge >= 0.3 is 12.1 Å². The van der Waals surface area contributed by atoms with Crippen molar-refractivity contribution in [2.75, 3.05) is 20.3 Å². The first kappa shape index (κ1) is 15.7. The van der Waals surface area contributed by atoms with Gasteiger partial charge in [0.15, 0.2) is 6.04 Å². The molecule has 6 heteroatoms. The molecule has 1 amide bonds. The van der Waals surface area contributed by atoms with Gasteiger partial charge in [0.1, 0.15) is 5.60 Å². The summed E-state index contributed by atoms with van der Waals surface area (Å²) in [4.78, 5) is 23.7. The fourth-order valence-corrected chi connectivity index (χ4v) is 1.04. The quantitative estimate of drug-likeness (QED) is 0.793. The van der Waals surface area contributed by atoms with E-state index in [0.29, 0.717) is 6.61 Å². The summed E-state index contributed by atoms with van der Waals surface area (Å²) in [5.41, 5.74) is -0.653. The summed E-state index contributed by atoms with van der Waals surface area (Å²) in [6, 6.07) is -1.04. The van der Waals surface area contributed by atoms with E-state index < -0.39 is 23.7 Å². The summed E-state index contributed by atoms with van der Waals surface area (Å²) >= 11 is 0. The van der Waals surface area contributed by atoms with Gasteiger partial charge in [-0.15, -0.1) is 0 Å². The van der Waals surface area contributed by atoms with Crippen LogP contribution in [0.4, 0.5) is 4.79 Å². The molecule has 0 fully saturated rings. The van der Waals surface area contributed by atoms with E-state index >= 15 is 0 Å². The maximum absolute atomic E-state index is 11.7. The van der Waals surface area contributed by atoms with E-state index in [2.05, 4.69) is 0 Å². The fraction of sp³-hybridized carbons (Fsp3) is 0.818. The van der Waals surface area contributed by atoms with E-state index in [-0.39, 0.29) is 6.61 Å². The number of likely N-dealkylation sites (N-methyl/N-ethyl adjacent to an activating group) is 1. The number of rotatable bonds is 5. The van der Waals surface area contributed by atoms with Crippen LogP contribution in [0.2, 0.25) is 0 Å². The van der Waals surface area contributed by atoms with Crippen molar-refractivity contribution in [3.63, 3.8) is 0 Å². The maximum atomic E-state index is 11.7. The number of nitrogens with zero attached hydrogens (tertiary/aromatic N) is 1. The highest BCUT2D eigenvalue weighted by molar-refractivity contribution is 5.80. The van der Waals surface area contributed by atoms with Crippen LogP contribution in [0.5, 0.6) is 0 Å². The van der Waals surface area contributed by atoms with Gasteiger partial charge in [0.2, 0.25) is 0 Å². The van der Waals surface area contributed by atoms with E-state index in [0.717, 1.165) is 4.90 Å². The molecule has 0 aromatic carbocycles. The molecule has 1 N–H and O–H groups in total. The molecule has 0 heterocycles. The lowest BCUT2D eigenvalue weighted by Crippen LogP contribution is -2.47. The summed E-state index contributed by atoms with van der Waals surface area (Å²) in [7, 11) is 1.38. The van der Waals surface area contributed by atoms with Crippen LogP contribution in [0, 0.1) is 0 Å². The van der Waals surface area contributed by atoms with Crippen LogP contribution in [0.1, 0.15) is 27.7 Å². The Hall–Kier alpha value is -1.30. The predicted molar refractivity (Wildman–Crippen MR) is 61.9 cm³/mol. The molecule has 1 atom stereocenters. The topological polar surface area (TPSA) is 76.1 Å². The number of hydrogen-bond donors (Lipinski definition) is 1. The molecular weight excluding hydrogens is 226 g/mol. The van der Waals surface area contributed by atoms with Crippen LogP contribution in [-0.2, 0) is 14.3 Å². The second kappa shape index (κ2) is 6.44. The second-order valence-electron chi connectivity index (χ2n) is 4.60. The maximum Gasteiger partial charge on any atom is 0.410 e. The Morgan fingerprint density at radius 1 is 1.35 bits per heavy atom. The summed E-state index contributed by atoms with van der Waals surface area (Å²) in [5, 5.41) is 8.99. The van der Waals surface area contributed by atoms with Crippen LogP contribution in [-0.4, -0.2) is 54.0 Å². The number of carbonyl (C=O) groups excluding carboxylic acids is 1. The first-order valence-electron chi connectivity index (χ1n) is 5.45. The minimum atomic E-state index is -1.12. The highest BCUT2D eigenvalue weighted by Crippen LogP contribution is 2.11. The third-order valence-corrected chi connectivity index (χ3v) is 1.91. The first-order valence-corrected chi connectivity index (χ1v) is 5.45. The van der Waals surface area contributed by atoms with Gasteiger partial charge in [0.05, 0.1) is 6.61 Å². The number of ether oxygens (including phenoxy) is 2. The van der Waals surface area contributed by atoms with Crippen LogP contribution >= 0.6 is 0 Å². The minimum absolute atomic E-state index is 0.0540. The number of aliphatic carboxylic acids is 1. The van der Waals surface area contributed by atoms with Gasteiger partial charge in [-0.3, -0.25) is 4.90 Å². The van der Waals surface area contributed by atoms with Gasteiger partial charge < -0.3 is 14.6 Å². The van der Waals surface area contributed by atoms with Gasteiger partial charge in [-0.25, -0.2) is 9.59 Å². The Bertz CT molecular complexity index is 272. The Morgan fingerprint density at radius 2 is 1.88 bits per heavy atom. The normalized spacial score (nSPS) is 13.0. The molecule has 0 aliphatic heterocycles. The number of amides is 1. The van der Waals surface area contributed by atoms with Crippen LogP contribution in [0.15, 0.2) is 0 Å². The molecule has 0 saturated heterocycles. The zero-order valence-electron chi connectivity index (χ0n) is 11.0. The lowest BCUT2D eigenvalue weighted by Gasteiger charge is -2.28. The highest BCUT2D eigenvalue weighted by atomic mass is 16.6. The van der Waals surface area contributed by atoms with Gasteiger partial charge in [-0.2, -0.15) is 0 Å². The molecule has 0 aliphatic carbocycles. The van der Waals surface area contributed by atoms with Crippen LogP contribution < -0.4 is 0 Å². The molecule has 0 rings (SSSR count). The molecule has 0 aromatic rings. The summed E-state index contributed by atoms with van der Waals surface area (Å²) in [6.45, 7) is 7.26. The molecule has 0 radical (unpaired) electrons. The number of carboxylic acids is 1. The SMILES string of the molecule is CCOC[C@@H](C(=O)O)N(C)C(=O)OC(C)(C)C. The second-order valence-corrected chi connectivity index (χ2v) is 4.60. The number of hydrogen-bond acceptors (Lipinski definition) is 4. The zero-order valence-corrected chi connectivity index (χ0v) is 11.0. The molecule has 0 aliphatic rings. The smallest absolute Gasteiger partial charge is 0.410 e. The van der Waals surface area contributed by atoms with Crippen molar-refractivity contribution in [1.82, 2.24) is 4.90 Å². The molecule has 0 spiro atoms. The Morgan fingerprint density at radius 3 is 2.24 bits per heavy atom. The molecule has 0 saturated carbocycles. The van der Waals surface area contributed by atoms with Gasteiger partial charge in [0.25, 0.3) is 0 Å². The lowest BCUT2D eigenvalue weighted by molar-refractivity contribution is -0.144. The van der Waals surface area contributed by atoms with E-state index in [9.17, 15) is 9.59 Å². The Balaban J connectivity index is 4.55. The average Bonchev–Trinajstić information content (AvgIpc) is 2.14. The van der Waals surface area contributed by atoms with E-state index in [1.165, 1.54) is 7.05 Å². The minimum Gasteiger partial charge on any atom is -0.480 e. The van der Waals surface area contributed by atoms with Crippen molar-refractivity contribution in [2.45, 2.75) is 39.3 Å². The standard InChI is InChI=1S/C11H21NO5/c1-6-16-7-8(9(13)14)12(5)10(15)17-11(2,3)4/h8H,6-7H2,1-5H3,(H,13,14)/t8-/m0/s1. The van der Waals surface area contributed by atoms with E-state index in [1.54, 1.807) is 27.7 Å². The van der Waals surface area contributed by atoms with E-state index in [1.807, 2.05) is 0 Å². The van der Waals surface area contributed by atoms with Gasteiger partial charge in [-0.1, -0.05) is 0 Å². The Kier molecular flexibility index (Phi) is 5.95. The summed E-state index contributed by atoms with van der Waals surface area (Å²) < 4.78 is 10.1. The number of carboxylic acid groups (broad SMARTS) is 1. The van der Waals surface area contributed by atoms with Crippen molar-refractivity contribution in [1.29, 1.82) is 0 Å². The van der Waals surface area contributed by atoms with Crippen LogP contribution in [0.25, 0.3) is 0 Å². The monoisotopic (exact) mass is 247 g/mol.